The van der Waals surface area contributed by atoms with E-state index in [2.05, 4.69) is 75.3 Å². The molecule has 5 rings (SSSR count). The molecule has 4 nitrogen and oxygen atoms in total. The van der Waals surface area contributed by atoms with Gasteiger partial charge in [-0.3, -0.25) is 0 Å². The number of halogens is 1. The standard InChI is InChI=1S/C25H20BrN3O/c1-15-5-3-6-16(11-15)23-24(17-7-4-8-19(12-17)30-2)29-25(28-23)21-14-27-22-10-9-18(26)13-20(21)22/h3-14,27H,1-2H3,(H,28,29). The number of aromatic amines is 2. The number of hydrogen-bond donors (Lipinski definition) is 2. The van der Waals surface area contributed by atoms with Crippen molar-refractivity contribution in [3.05, 3.63) is 83.0 Å². The summed E-state index contributed by atoms with van der Waals surface area (Å²) < 4.78 is 6.48. The van der Waals surface area contributed by atoms with Crippen molar-refractivity contribution in [3.63, 3.8) is 0 Å². The van der Waals surface area contributed by atoms with Gasteiger partial charge in [0.05, 0.1) is 18.5 Å². The first-order chi connectivity index (χ1) is 14.6. The van der Waals surface area contributed by atoms with Crippen molar-refractivity contribution in [1.29, 1.82) is 0 Å². The van der Waals surface area contributed by atoms with Crippen LogP contribution in [0.1, 0.15) is 5.56 Å². The molecule has 2 aromatic heterocycles. The van der Waals surface area contributed by atoms with Gasteiger partial charge in [0.25, 0.3) is 0 Å². The highest BCUT2D eigenvalue weighted by atomic mass is 79.9. The van der Waals surface area contributed by atoms with E-state index in [-0.39, 0.29) is 0 Å². The molecule has 5 heteroatoms. The van der Waals surface area contributed by atoms with Crippen molar-refractivity contribution in [2.24, 2.45) is 0 Å². The molecule has 2 N–H and O–H groups in total. The van der Waals surface area contributed by atoms with Crippen LogP contribution in [-0.2, 0) is 0 Å². The maximum absolute atomic E-state index is 5.45. The topological polar surface area (TPSA) is 53.7 Å². The molecule has 0 saturated carbocycles. The van der Waals surface area contributed by atoms with Crippen LogP contribution < -0.4 is 4.74 Å². The van der Waals surface area contributed by atoms with Gasteiger partial charge in [0.2, 0.25) is 0 Å². The second kappa shape index (κ2) is 7.50. The minimum atomic E-state index is 0.815. The molecule has 0 radical (unpaired) electrons. The molecule has 0 aliphatic carbocycles. The number of ether oxygens (including phenoxy) is 1. The molecule has 0 saturated heterocycles. The van der Waals surface area contributed by atoms with Crippen LogP contribution >= 0.6 is 15.9 Å². The Balaban J connectivity index is 1.74. The lowest BCUT2D eigenvalue weighted by Crippen LogP contribution is -1.87. The molecule has 5 aromatic rings. The van der Waals surface area contributed by atoms with Gasteiger partial charge in [0.15, 0.2) is 0 Å². The Labute approximate surface area is 183 Å². The molecular weight excluding hydrogens is 438 g/mol. The number of nitrogens with zero attached hydrogens (tertiary/aromatic N) is 1. The van der Waals surface area contributed by atoms with Crippen molar-refractivity contribution in [3.8, 4) is 39.7 Å². The minimum Gasteiger partial charge on any atom is -0.497 e. The molecule has 3 aromatic carbocycles. The summed E-state index contributed by atoms with van der Waals surface area (Å²) in [6, 6.07) is 22.7. The number of aromatic nitrogens is 3. The fraction of sp³-hybridized carbons (Fsp3) is 0.0800. The van der Waals surface area contributed by atoms with Gasteiger partial charge in [-0.25, -0.2) is 4.98 Å². The summed E-state index contributed by atoms with van der Waals surface area (Å²) in [5.41, 5.74) is 7.32. The first-order valence-corrected chi connectivity index (χ1v) is 10.5. The Bertz CT molecular complexity index is 1370. The second-order valence-corrected chi connectivity index (χ2v) is 8.22. The summed E-state index contributed by atoms with van der Waals surface area (Å²) in [6.45, 7) is 2.10. The normalized spacial score (nSPS) is 11.2. The minimum absolute atomic E-state index is 0.815. The van der Waals surface area contributed by atoms with E-state index in [9.17, 15) is 0 Å². The van der Waals surface area contributed by atoms with E-state index in [4.69, 9.17) is 9.72 Å². The summed E-state index contributed by atoms with van der Waals surface area (Å²) >= 11 is 3.58. The Kier molecular flexibility index (Phi) is 4.68. The number of methoxy groups -OCH3 is 1. The predicted octanol–water partition coefficient (Wildman–Crippen LogP) is 6.97. The maximum Gasteiger partial charge on any atom is 0.140 e. The van der Waals surface area contributed by atoms with Crippen molar-refractivity contribution < 1.29 is 4.74 Å². The molecule has 2 heterocycles. The number of aryl methyl sites for hydroxylation is 1. The van der Waals surface area contributed by atoms with E-state index in [0.717, 1.165) is 55.0 Å². The molecule has 0 atom stereocenters. The largest absolute Gasteiger partial charge is 0.497 e. The predicted molar refractivity (Wildman–Crippen MR) is 126 cm³/mol. The first kappa shape index (κ1) is 18.7. The van der Waals surface area contributed by atoms with Crippen LogP contribution in [0.25, 0.3) is 44.8 Å². The highest BCUT2D eigenvalue weighted by molar-refractivity contribution is 9.10. The summed E-state index contributed by atoms with van der Waals surface area (Å²) in [5, 5.41) is 1.12. The van der Waals surface area contributed by atoms with Crippen molar-refractivity contribution >= 4 is 26.8 Å². The smallest absolute Gasteiger partial charge is 0.140 e. The quantitative estimate of drug-likeness (QED) is 0.306. The third kappa shape index (κ3) is 3.31. The van der Waals surface area contributed by atoms with Gasteiger partial charge in [-0.1, -0.05) is 51.8 Å². The van der Waals surface area contributed by atoms with Crippen molar-refractivity contribution in [2.45, 2.75) is 6.92 Å². The molecule has 0 spiro atoms. The highest BCUT2D eigenvalue weighted by Gasteiger charge is 2.18. The fourth-order valence-electron chi connectivity index (χ4n) is 3.78. The summed E-state index contributed by atoms with van der Waals surface area (Å²) in [6.07, 6.45) is 2.01. The fourth-order valence-corrected chi connectivity index (χ4v) is 4.14. The van der Waals surface area contributed by atoms with E-state index in [1.807, 2.05) is 30.5 Å². The van der Waals surface area contributed by atoms with E-state index < -0.39 is 0 Å². The lowest BCUT2D eigenvalue weighted by Gasteiger charge is -2.06. The monoisotopic (exact) mass is 457 g/mol. The first-order valence-electron chi connectivity index (χ1n) is 9.71. The zero-order chi connectivity index (χ0) is 20.7. The van der Waals surface area contributed by atoms with Crippen LogP contribution in [0.4, 0.5) is 0 Å². The van der Waals surface area contributed by atoms with Gasteiger partial charge >= 0.3 is 0 Å². The van der Waals surface area contributed by atoms with E-state index in [0.29, 0.717) is 0 Å². The SMILES string of the molecule is COc1cccc(-c2[nH]c(-c3c[nH]c4ccc(Br)cc34)nc2-c2cccc(C)c2)c1. The summed E-state index contributed by atoms with van der Waals surface area (Å²) in [7, 11) is 1.68. The zero-order valence-electron chi connectivity index (χ0n) is 16.7. The van der Waals surface area contributed by atoms with Crippen molar-refractivity contribution in [2.75, 3.05) is 7.11 Å². The Hall–Kier alpha value is -3.31. The van der Waals surface area contributed by atoms with Crippen LogP contribution in [-0.4, -0.2) is 22.1 Å². The number of H-pyrrole nitrogens is 2. The third-order valence-corrected chi connectivity index (χ3v) is 5.75. The van der Waals surface area contributed by atoms with Crippen LogP contribution in [0.2, 0.25) is 0 Å². The van der Waals surface area contributed by atoms with Crippen LogP contribution in [0.15, 0.2) is 77.4 Å². The van der Waals surface area contributed by atoms with E-state index in [1.54, 1.807) is 7.11 Å². The highest BCUT2D eigenvalue weighted by Crippen LogP contribution is 2.37. The summed E-state index contributed by atoms with van der Waals surface area (Å²) in [4.78, 5) is 12.0. The van der Waals surface area contributed by atoms with Gasteiger partial charge in [-0.05, 0) is 43.3 Å². The average Bonchev–Trinajstić information content (AvgIpc) is 3.38. The number of fused-ring (bicyclic) bond motifs is 1. The Morgan fingerprint density at radius 3 is 2.60 bits per heavy atom. The van der Waals surface area contributed by atoms with E-state index in [1.165, 1.54) is 5.56 Å². The van der Waals surface area contributed by atoms with Gasteiger partial charge in [-0.15, -0.1) is 0 Å². The third-order valence-electron chi connectivity index (χ3n) is 5.25. The van der Waals surface area contributed by atoms with Crippen molar-refractivity contribution in [1.82, 2.24) is 15.0 Å². The van der Waals surface area contributed by atoms with Crippen LogP contribution in [0.3, 0.4) is 0 Å². The number of imidazole rings is 1. The number of rotatable bonds is 4. The molecule has 0 aliphatic rings. The summed E-state index contributed by atoms with van der Waals surface area (Å²) in [5.74, 6) is 1.64. The van der Waals surface area contributed by atoms with Gasteiger partial charge in [-0.2, -0.15) is 0 Å². The molecule has 0 aliphatic heterocycles. The Morgan fingerprint density at radius 1 is 0.933 bits per heavy atom. The number of hydrogen-bond acceptors (Lipinski definition) is 2. The molecular formula is C25H20BrN3O. The van der Waals surface area contributed by atoms with Gasteiger partial charge < -0.3 is 14.7 Å². The van der Waals surface area contributed by atoms with Gasteiger partial charge in [0.1, 0.15) is 11.6 Å². The molecule has 30 heavy (non-hydrogen) atoms. The number of nitrogens with one attached hydrogen (secondary N) is 2. The Morgan fingerprint density at radius 2 is 1.77 bits per heavy atom. The molecule has 148 valence electrons. The second-order valence-electron chi connectivity index (χ2n) is 7.30. The molecule has 0 unspecified atom stereocenters. The average molecular weight is 458 g/mol. The zero-order valence-corrected chi connectivity index (χ0v) is 18.2. The van der Waals surface area contributed by atoms with Gasteiger partial charge in [0, 0.05) is 38.3 Å². The number of benzene rings is 3. The lowest BCUT2D eigenvalue weighted by atomic mass is 10.0. The molecule has 0 bridgehead atoms. The lowest BCUT2D eigenvalue weighted by molar-refractivity contribution is 0.415. The molecule has 0 fully saturated rings. The molecule has 0 amide bonds. The maximum atomic E-state index is 5.45. The van der Waals surface area contributed by atoms with Crippen LogP contribution in [0, 0.1) is 6.92 Å². The van der Waals surface area contributed by atoms with E-state index >= 15 is 0 Å². The van der Waals surface area contributed by atoms with Crippen LogP contribution in [0.5, 0.6) is 5.75 Å².